The average Bonchev–Trinajstić information content (AvgIpc) is 2.55. The van der Waals surface area contributed by atoms with E-state index in [4.69, 9.17) is 9.47 Å². The fourth-order valence-electron chi connectivity index (χ4n) is 2.22. The van der Waals surface area contributed by atoms with Gasteiger partial charge in [0.25, 0.3) is 0 Å². The van der Waals surface area contributed by atoms with E-state index >= 15 is 0 Å². The summed E-state index contributed by atoms with van der Waals surface area (Å²) in [5, 5.41) is 12.0. The Kier molecular flexibility index (Phi) is 8.92. The van der Waals surface area contributed by atoms with Gasteiger partial charge in [0.05, 0.1) is 18.8 Å². The van der Waals surface area contributed by atoms with Crippen molar-refractivity contribution in [2.45, 2.75) is 39.6 Å². The third-order valence-corrected chi connectivity index (χ3v) is 3.22. The van der Waals surface area contributed by atoms with Gasteiger partial charge in [0.1, 0.15) is 12.3 Å². The summed E-state index contributed by atoms with van der Waals surface area (Å²) >= 11 is 0. The molecule has 0 aliphatic carbocycles. The summed E-state index contributed by atoms with van der Waals surface area (Å²) in [6.07, 6.45) is 0.377. The molecule has 0 spiro atoms. The van der Waals surface area contributed by atoms with Crippen LogP contribution in [0.1, 0.15) is 26.5 Å². The van der Waals surface area contributed by atoms with Crippen molar-refractivity contribution in [1.29, 1.82) is 0 Å². The molecule has 1 aromatic rings. The van der Waals surface area contributed by atoms with E-state index in [1.807, 2.05) is 19.9 Å². The first kappa shape index (κ1) is 20.0. The zero-order valence-electron chi connectivity index (χ0n) is 14.3. The van der Waals surface area contributed by atoms with E-state index in [0.717, 1.165) is 5.01 Å². The molecule has 0 bridgehead atoms. The molecule has 134 valence electrons. The van der Waals surface area contributed by atoms with E-state index in [1.165, 1.54) is 11.9 Å². The highest BCUT2D eigenvalue weighted by Crippen LogP contribution is 2.12. The van der Waals surface area contributed by atoms with Crippen molar-refractivity contribution in [3.05, 3.63) is 30.1 Å². The molecule has 0 saturated carbocycles. The van der Waals surface area contributed by atoms with Crippen LogP contribution < -0.4 is 0 Å². The Morgan fingerprint density at radius 1 is 1.33 bits per heavy atom. The highest BCUT2D eigenvalue weighted by atomic mass is 16.7. The SMILES string of the molecule is CCOC(CN(Cc1ccccn1)N(C(=O)O)C(C)C=O)OCC. The van der Waals surface area contributed by atoms with E-state index in [0.29, 0.717) is 25.2 Å². The Labute approximate surface area is 141 Å². The number of carbonyl (C=O) groups is 2. The van der Waals surface area contributed by atoms with E-state index in [2.05, 4.69) is 4.98 Å². The van der Waals surface area contributed by atoms with Gasteiger partial charge >= 0.3 is 6.09 Å². The van der Waals surface area contributed by atoms with Crippen molar-refractivity contribution in [2.24, 2.45) is 0 Å². The lowest BCUT2D eigenvalue weighted by Gasteiger charge is -2.36. The fraction of sp³-hybridized carbons (Fsp3) is 0.562. The number of amides is 1. The maximum atomic E-state index is 11.7. The molecule has 0 fully saturated rings. The maximum absolute atomic E-state index is 11.7. The standard InChI is InChI=1S/C16H25N3O5/c1-4-23-15(24-5-2)11-18(10-14-8-6-7-9-17-14)19(16(21)22)13(3)12-20/h6-9,12-13,15H,4-5,10-11H2,1-3H3,(H,21,22). The molecule has 0 saturated heterocycles. The van der Waals surface area contributed by atoms with E-state index in [9.17, 15) is 14.7 Å². The number of aromatic nitrogens is 1. The molecule has 0 aromatic carbocycles. The summed E-state index contributed by atoms with van der Waals surface area (Å²) in [6.45, 7) is 6.40. The Morgan fingerprint density at radius 2 is 2.00 bits per heavy atom. The van der Waals surface area contributed by atoms with Gasteiger partial charge < -0.3 is 19.4 Å². The van der Waals surface area contributed by atoms with Crippen LogP contribution in [0.4, 0.5) is 4.79 Å². The smallest absolute Gasteiger partial charge is 0.422 e. The summed E-state index contributed by atoms with van der Waals surface area (Å²) < 4.78 is 11.0. The summed E-state index contributed by atoms with van der Waals surface area (Å²) in [7, 11) is 0. The monoisotopic (exact) mass is 339 g/mol. The minimum absolute atomic E-state index is 0.155. The fourth-order valence-corrected chi connectivity index (χ4v) is 2.22. The van der Waals surface area contributed by atoms with Crippen molar-refractivity contribution >= 4 is 12.4 Å². The van der Waals surface area contributed by atoms with Crippen molar-refractivity contribution in [3.63, 3.8) is 0 Å². The summed E-state index contributed by atoms with van der Waals surface area (Å²) in [5.74, 6) is 0. The van der Waals surface area contributed by atoms with Gasteiger partial charge in [-0.05, 0) is 32.9 Å². The van der Waals surface area contributed by atoms with Crippen LogP contribution in [-0.2, 0) is 20.8 Å². The highest BCUT2D eigenvalue weighted by Gasteiger charge is 2.29. The molecule has 1 rings (SSSR count). The summed E-state index contributed by atoms with van der Waals surface area (Å²) in [4.78, 5) is 27.0. The Hall–Kier alpha value is -2.03. The number of hydrogen-bond acceptors (Lipinski definition) is 6. The molecule has 1 heterocycles. The van der Waals surface area contributed by atoms with Gasteiger partial charge in [0, 0.05) is 19.4 Å². The normalized spacial score (nSPS) is 12.4. The third-order valence-electron chi connectivity index (χ3n) is 3.22. The first-order valence-corrected chi connectivity index (χ1v) is 7.88. The van der Waals surface area contributed by atoms with Crippen LogP contribution in [0.3, 0.4) is 0 Å². The molecular weight excluding hydrogens is 314 g/mol. The number of carboxylic acid groups (broad SMARTS) is 1. The van der Waals surface area contributed by atoms with Gasteiger partial charge in [-0.1, -0.05) is 6.07 Å². The second-order valence-electron chi connectivity index (χ2n) is 5.01. The number of nitrogens with zero attached hydrogens (tertiary/aromatic N) is 3. The van der Waals surface area contributed by atoms with Crippen LogP contribution in [0.5, 0.6) is 0 Å². The third kappa shape index (κ3) is 6.23. The molecule has 0 radical (unpaired) electrons. The van der Waals surface area contributed by atoms with Gasteiger partial charge in [-0.25, -0.2) is 14.8 Å². The molecule has 24 heavy (non-hydrogen) atoms. The highest BCUT2D eigenvalue weighted by molar-refractivity contribution is 5.70. The first-order chi connectivity index (χ1) is 11.5. The Balaban J connectivity index is 3.03. The van der Waals surface area contributed by atoms with Crippen molar-refractivity contribution in [1.82, 2.24) is 15.0 Å². The topological polar surface area (TPSA) is 92.2 Å². The molecule has 1 atom stereocenters. The van der Waals surface area contributed by atoms with Gasteiger partial charge in [-0.3, -0.25) is 4.98 Å². The van der Waals surface area contributed by atoms with Gasteiger partial charge in [-0.2, -0.15) is 0 Å². The number of aldehydes is 1. The molecule has 1 aromatic heterocycles. The quantitative estimate of drug-likeness (QED) is 0.373. The van der Waals surface area contributed by atoms with Crippen molar-refractivity contribution in [3.8, 4) is 0 Å². The molecule has 1 amide bonds. The zero-order valence-corrected chi connectivity index (χ0v) is 14.3. The molecule has 0 aliphatic heterocycles. The van der Waals surface area contributed by atoms with Crippen LogP contribution in [0.15, 0.2) is 24.4 Å². The first-order valence-electron chi connectivity index (χ1n) is 7.88. The Morgan fingerprint density at radius 3 is 2.46 bits per heavy atom. The molecule has 1 N–H and O–H groups in total. The van der Waals surface area contributed by atoms with Crippen LogP contribution in [0, 0.1) is 0 Å². The van der Waals surface area contributed by atoms with E-state index in [1.54, 1.807) is 18.3 Å². The van der Waals surface area contributed by atoms with Crippen LogP contribution in [-0.4, -0.2) is 64.6 Å². The molecule has 0 aliphatic rings. The number of pyridine rings is 1. The number of ether oxygens (including phenoxy) is 2. The average molecular weight is 339 g/mol. The van der Waals surface area contributed by atoms with Gasteiger partial charge in [-0.15, -0.1) is 0 Å². The lowest BCUT2D eigenvalue weighted by molar-refractivity contribution is -0.175. The number of carbonyl (C=O) groups excluding carboxylic acids is 1. The largest absolute Gasteiger partial charge is 0.464 e. The predicted molar refractivity (Wildman–Crippen MR) is 87.1 cm³/mol. The molecular formula is C16H25N3O5. The van der Waals surface area contributed by atoms with E-state index in [-0.39, 0.29) is 13.1 Å². The van der Waals surface area contributed by atoms with Gasteiger partial charge in [0.2, 0.25) is 0 Å². The van der Waals surface area contributed by atoms with Crippen molar-refractivity contribution < 1.29 is 24.2 Å². The molecule has 1 unspecified atom stereocenters. The lowest BCUT2D eigenvalue weighted by atomic mass is 10.3. The Bertz CT molecular complexity index is 494. The lowest BCUT2D eigenvalue weighted by Crippen LogP contribution is -2.53. The number of hydrogen-bond donors (Lipinski definition) is 1. The van der Waals surface area contributed by atoms with Crippen molar-refractivity contribution in [2.75, 3.05) is 19.8 Å². The number of rotatable bonds is 11. The van der Waals surface area contributed by atoms with Crippen LogP contribution in [0.25, 0.3) is 0 Å². The minimum atomic E-state index is -1.22. The maximum Gasteiger partial charge on any atom is 0.422 e. The van der Waals surface area contributed by atoms with Gasteiger partial charge in [0.15, 0.2) is 6.29 Å². The minimum Gasteiger partial charge on any atom is -0.464 e. The van der Waals surface area contributed by atoms with Crippen LogP contribution >= 0.6 is 0 Å². The number of hydrazine groups is 1. The molecule has 8 nitrogen and oxygen atoms in total. The second kappa shape index (κ2) is 10.7. The van der Waals surface area contributed by atoms with E-state index < -0.39 is 18.4 Å². The second-order valence-corrected chi connectivity index (χ2v) is 5.01. The predicted octanol–water partition coefficient (Wildman–Crippen LogP) is 1.77. The summed E-state index contributed by atoms with van der Waals surface area (Å²) in [5.41, 5.74) is 0.675. The van der Waals surface area contributed by atoms with Crippen LogP contribution in [0.2, 0.25) is 0 Å². The molecule has 8 heteroatoms. The summed E-state index contributed by atoms with van der Waals surface area (Å²) in [6, 6.07) is 4.54. The zero-order chi connectivity index (χ0) is 17.9.